The lowest BCUT2D eigenvalue weighted by atomic mass is 10.2. The lowest BCUT2D eigenvalue weighted by Crippen LogP contribution is -2.33. The average molecular weight is 419 g/mol. The lowest BCUT2D eigenvalue weighted by Gasteiger charge is -2.23. The Balaban J connectivity index is 1.90. The molecule has 0 heterocycles. The van der Waals surface area contributed by atoms with E-state index >= 15 is 0 Å². The summed E-state index contributed by atoms with van der Waals surface area (Å²) in [6, 6.07) is 14.3. The molecule has 0 radical (unpaired) electrons. The number of ether oxygens (including phenoxy) is 1. The molecule has 1 amide bonds. The molecule has 9 heteroatoms. The van der Waals surface area contributed by atoms with Crippen LogP contribution in [0.1, 0.15) is 5.56 Å². The fourth-order valence-corrected chi connectivity index (χ4v) is 2.68. The van der Waals surface area contributed by atoms with Crippen molar-refractivity contribution >= 4 is 29.1 Å². The predicted octanol–water partition coefficient (Wildman–Crippen LogP) is 5.73. The van der Waals surface area contributed by atoms with Gasteiger partial charge in [0.15, 0.2) is 0 Å². The largest absolute Gasteiger partial charge is 0.420 e. The van der Waals surface area contributed by atoms with E-state index in [4.69, 9.17) is 16.3 Å². The minimum absolute atomic E-state index is 0.0485. The minimum Gasteiger partial charge on any atom is -0.410 e. The minimum atomic E-state index is -0.898. The van der Waals surface area contributed by atoms with Crippen LogP contribution in [0.2, 0.25) is 5.02 Å². The fraction of sp³-hybridized carbons (Fsp3) is 0.0500. The molecule has 0 aliphatic heterocycles. The average Bonchev–Trinajstić information content (AvgIpc) is 2.70. The van der Waals surface area contributed by atoms with E-state index in [1.54, 1.807) is 6.07 Å². The standard InChI is InChI=1S/C20H13ClF2N2O4/c21-17-11-15(7-10-19(17)23)24(12-13-3-1-2-4-18(13)22)20(26)29-16-8-5-14(6-9-16)25(27)28/h1-11H,12H2. The number of nitro groups is 1. The maximum Gasteiger partial charge on any atom is 0.420 e. The summed E-state index contributed by atoms with van der Waals surface area (Å²) in [6.45, 7) is -0.208. The molecule has 0 saturated carbocycles. The molecule has 0 bridgehead atoms. The van der Waals surface area contributed by atoms with Crippen molar-refractivity contribution in [3.05, 3.63) is 99.1 Å². The zero-order valence-electron chi connectivity index (χ0n) is 14.7. The van der Waals surface area contributed by atoms with Gasteiger partial charge in [-0.1, -0.05) is 29.8 Å². The first-order valence-electron chi connectivity index (χ1n) is 8.27. The number of nitro benzene ring substituents is 1. The second kappa shape index (κ2) is 8.66. The summed E-state index contributed by atoms with van der Waals surface area (Å²) in [5, 5.41) is 10.5. The van der Waals surface area contributed by atoms with Gasteiger partial charge in [0.05, 0.1) is 16.5 Å². The van der Waals surface area contributed by atoms with Crippen LogP contribution in [-0.4, -0.2) is 11.0 Å². The summed E-state index contributed by atoms with van der Waals surface area (Å²) in [5.74, 6) is -1.16. The molecule has 0 aliphatic carbocycles. The molecule has 3 rings (SSSR count). The van der Waals surface area contributed by atoms with Crippen LogP contribution in [0.5, 0.6) is 5.75 Å². The third-order valence-corrected chi connectivity index (χ3v) is 4.26. The van der Waals surface area contributed by atoms with Crippen LogP contribution in [0.15, 0.2) is 66.7 Å². The predicted molar refractivity (Wildman–Crippen MR) is 103 cm³/mol. The van der Waals surface area contributed by atoms with Gasteiger partial charge in [0.1, 0.15) is 17.4 Å². The molecule has 0 saturated heterocycles. The van der Waals surface area contributed by atoms with Gasteiger partial charge in [-0.05, 0) is 36.4 Å². The number of nitrogens with zero attached hydrogens (tertiary/aromatic N) is 2. The van der Waals surface area contributed by atoms with Gasteiger partial charge in [-0.2, -0.15) is 0 Å². The first-order chi connectivity index (χ1) is 13.8. The van der Waals surface area contributed by atoms with E-state index < -0.39 is 22.7 Å². The van der Waals surface area contributed by atoms with Crippen LogP contribution in [0.25, 0.3) is 0 Å². The van der Waals surface area contributed by atoms with Crippen molar-refractivity contribution in [1.82, 2.24) is 0 Å². The Morgan fingerprint density at radius 2 is 1.72 bits per heavy atom. The summed E-state index contributed by atoms with van der Waals surface area (Å²) in [5.41, 5.74) is 0.221. The third-order valence-electron chi connectivity index (χ3n) is 3.97. The van der Waals surface area contributed by atoms with E-state index in [-0.39, 0.29) is 34.3 Å². The number of hydrogen-bond acceptors (Lipinski definition) is 4. The van der Waals surface area contributed by atoms with E-state index in [0.29, 0.717) is 0 Å². The first-order valence-corrected chi connectivity index (χ1v) is 8.65. The highest BCUT2D eigenvalue weighted by atomic mass is 35.5. The Morgan fingerprint density at radius 3 is 2.34 bits per heavy atom. The van der Waals surface area contributed by atoms with E-state index in [9.17, 15) is 23.7 Å². The number of non-ortho nitro benzene ring substituents is 1. The summed E-state index contributed by atoms with van der Waals surface area (Å²) in [4.78, 5) is 24.0. The molecule has 3 aromatic rings. The highest BCUT2D eigenvalue weighted by Gasteiger charge is 2.21. The summed E-state index contributed by atoms with van der Waals surface area (Å²) < 4.78 is 32.9. The van der Waals surface area contributed by atoms with Crippen molar-refractivity contribution in [2.75, 3.05) is 4.90 Å². The second-order valence-corrected chi connectivity index (χ2v) is 6.30. The summed E-state index contributed by atoms with van der Waals surface area (Å²) >= 11 is 5.81. The van der Waals surface area contributed by atoms with Gasteiger partial charge in [-0.25, -0.2) is 13.6 Å². The quantitative estimate of drug-likeness (QED) is 0.391. The highest BCUT2D eigenvalue weighted by molar-refractivity contribution is 6.31. The molecular formula is C20H13ClF2N2O4. The van der Waals surface area contributed by atoms with Crippen LogP contribution in [0.3, 0.4) is 0 Å². The van der Waals surface area contributed by atoms with Gasteiger partial charge in [0.2, 0.25) is 0 Å². The van der Waals surface area contributed by atoms with Crippen molar-refractivity contribution in [1.29, 1.82) is 0 Å². The monoisotopic (exact) mass is 418 g/mol. The molecule has 6 nitrogen and oxygen atoms in total. The lowest BCUT2D eigenvalue weighted by molar-refractivity contribution is -0.384. The van der Waals surface area contributed by atoms with E-state index in [1.807, 2.05) is 0 Å². The van der Waals surface area contributed by atoms with Gasteiger partial charge in [0.25, 0.3) is 5.69 Å². The van der Waals surface area contributed by atoms with Crippen LogP contribution in [-0.2, 0) is 6.54 Å². The van der Waals surface area contributed by atoms with Crippen molar-refractivity contribution in [2.45, 2.75) is 6.54 Å². The molecule has 0 atom stereocenters. The molecule has 29 heavy (non-hydrogen) atoms. The maximum atomic E-state index is 14.1. The summed E-state index contributed by atoms with van der Waals surface area (Å²) in [7, 11) is 0. The Kier molecular flexibility index (Phi) is 6.04. The van der Waals surface area contributed by atoms with E-state index in [1.165, 1.54) is 54.6 Å². The molecule has 0 unspecified atom stereocenters. The van der Waals surface area contributed by atoms with Crippen molar-refractivity contribution in [3.8, 4) is 5.75 Å². The maximum absolute atomic E-state index is 14.1. The molecule has 0 aliphatic rings. The number of rotatable bonds is 5. The molecule has 0 fully saturated rings. The van der Waals surface area contributed by atoms with E-state index in [2.05, 4.69) is 0 Å². The molecule has 3 aromatic carbocycles. The van der Waals surface area contributed by atoms with Crippen molar-refractivity contribution in [2.24, 2.45) is 0 Å². The van der Waals surface area contributed by atoms with Crippen LogP contribution in [0.4, 0.5) is 25.0 Å². The SMILES string of the molecule is O=C(Oc1ccc([N+](=O)[O-])cc1)N(Cc1ccccc1F)c1ccc(F)c(Cl)c1. The van der Waals surface area contributed by atoms with Gasteiger partial charge in [-0.3, -0.25) is 15.0 Å². The Labute approximate surface area is 169 Å². The van der Waals surface area contributed by atoms with Gasteiger partial charge in [0, 0.05) is 23.4 Å². The van der Waals surface area contributed by atoms with Crippen LogP contribution in [0, 0.1) is 21.7 Å². The van der Waals surface area contributed by atoms with Crippen molar-refractivity contribution < 1.29 is 23.2 Å². The molecule has 0 aromatic heterocycles. The second-order valence-electron chi connectivity index (χ2n) is 5.89. The van der Waals surface area contributed by atoms with Gasteiger partial charge < -0.3 is 4.74 Å². The molecule has 148 valence electrons. The first kappa shape index (κ1) is 20.2. The van der Waals surface area contributed by atoms with Gasteiger partial charge in [-0.15, -0.1) is 0 Å². The zero-order chi connectivity index (χ0) is 21.0. The zero-order valence-corrected chi connectivity index (χ0v) is 15.5. The highest BCUT2D eigenvalue weighted by Crippen LogP contribution is 2.26. The number of hydrogen-bond donors (Lipinski definition) is 0. The molecular weight excluding hydrogens is 406 g/mol. The topological polar surface area (TPSA) is 72.7 Å². The number of benzene rings is 3. The van der Waals surface area contributed by atoms with Gasteiger partial charge >= 0.3 is 6.09 Å². The van der Waals surface area contributed by atoms with Crippen LogP contribution >= 0.6 is 11.6 Å². The fourth-order valence-electron chi connectivity index (χ4n) is 2.50. The van der Waals surface area contributed by atoms with E-state index in [0.717, 1.165) is 11.0 Å². The Hall–Kier alpha value is -3.52. The summed E-state index contributed by atoms with van der Waals surface area (Å²) in [6.07, 6.45) is -0.898. The molecule has 0 spiro atoms. The Bertz CT molecular complexity index is 1060. The smallest absolute Gasteiger partial charge is 0.410 e. The number of amides is 1. The third kappa shape index (κ3) is 4.85. The number of halogens is 3. The number of anilines is 1. The Morgan fingerprint density at radius 1 is 1.03 bits per heavy atom. The normalized spacial score (nSPS) is 10.4. The van der Waals surface area contributed by atoms with Crippen LogP contribution < -0.4 is 9.64 Å². The van der Waals surface area contributed by atoms with Crippen molar-refractivity contribution in [3.63, 3.8) is 0 Å². The number of carbonyl (C=O) groups is 1. The number of carbonyl (C=O) groups excluding carboxylic acids is 1. The molecule has 0 N–H and O–H groups in total.